The molecule has 0 aliphatic heterocycles. The summed E-state index contributed by atoms with van der Waals surface area (Å²) in [6, 6.07) is 9.99. The van der Waals surface area contributed by atoms with Crippen LogP contribution in [0.3, 0.4) is 0 Å². The van der Waals surface area contributed by atoms with E-state index in [1.165, 1.54) is 11.8 Å². The molecule has 0 saturated carbocycles. The molecule has 0 fully saturated rings. The second kappa shape index (κ2) is 5.94. The molecule has 0 N–H and O–H groups in total. The summed E-state index contributed by atoms with van der Waals surface area (Å²) in [4.78, 5) is 0. The van der Waals surface area contributed by atoms with E-state index in [1.807, 2.05) is 30.3 Å². The van der Waals surface area contributed by atoms with Gasteiger partial charge in [0, 0.05) is 0 Å². The molecule has 60 valence electrons. The van der Waals surface area contributed by atoms with Crippen LogP contribution in [0.2, 0.25) is 0 Å². The fraction of sp³-hybridized carbons (Fsp3) is 0.111. The summed E-state index contributed by atoms with van der Waals surface area (Å²) in [5.74, 6) is 0. The highest BCUT2D eigenvalue weighted by Crippen LogP contribution is 1.99. The van der Waals surface area contributed by atoms with E-state index in [2.05, 4.69) is 6.58 Å². The second-order valence-corrected chi connectivity index (χ2v) is 1.96. The lowest BCUT2D eigenvalue weighted by Crippen LogP contribution is -1.83. The highest BCUT2D eigenvalue weighted by Gasteiger charge is 1.85. The Morgan fingerprint density at radius 3 is 2.45 bits per heavy atom. The van der Waals surface area contributed by atoms with Crippen molar-refractivity contribution in [3.63, 3.8) is 0 Å². The highest BCUT2D eigenvalue weighted by molar-refractivity contribution is 6.92. The van der Waals surface area contributed by atoms with Crippen LogP contribution < -0.4 is 0 Å². The van der Waals surface area contributed by atoms with Gasteiger partial charge in [-0.1, -0.05) is 36.9 Å². The zero-order chi connectivity index (χ0) is 7.23. The molecule has 1 atom stereocenters. The van der Waals surface area contributed by atoms with Crippen LogP contribution in [0, 0.1) is 0 Å². The van der Waals surface area contributed by atoms with E-state index in [4.69, 9.17) is 4.74 Å². The van der Waals surface area contributed by atoms with Gasteiger partial charge in [-0.2, -0.15) is 9.90 Å². The first kappa shape index (κ1) is 10.2. The molecular formula is C9H13OP. The summed E-state index contributed by atoms with van der Waals surface area (Å²) in [6.07, 6.45) is 1.45. The summed E-state index contributed by atoms with van der Waals surface area (Å²) in [7, 11) is 0. The third kappa shape index (κ3) is 3.79. The number of benzene rings is 1. The van der Waals surface area contributed by atoms with E-state index in [0.29, 0.717) is 6.61 Å². The molecule has 0 aromatic heterocycles. The lowest BCUT2D eigenvalue weighted by molar-refractivity contribution is 0.237. The molecule has 1 aromatic rings. The van der Waals surface area contributed by atoms with Crippen molar-refractivity contribution in [2.24, 2.45) is 0 Å². The minimum atomic E-state index is 0. The monoisotopic (exact) mass is 168 g/mol. The molecule has 1 aromatic carbocycles. The number of rotatable bonds is 3. The first-order valence-corrected chi connectivity index (χ1v) is 3.20. The van der Waals surface area contributed by atoms with E-state index in [9.17, 15) is 0 Å². The van der Waals surface area contributed by atoms with Crippen molar-refractivity contribution >= 4 is 9.90 Å². The fourth-order valence-electron chi connectivity index (χ4n) is 0.729. The van der Waals surface area contributed by atoms with Gasteiger partial charge in [0.2, 0.25) is 0 Å². The smallest absolute Gasteiger partial charge is 0.112 e. The molecule has 11 heavy (non-hydrogen) atoms. The van der Waals surface area contributed by atoms with Gasteiger partial charge in [0.15, 0.2) is 0 Å². The van der Waals surface area contributed by atoms with Crippen LogP contribution in [-0.4, -0.2) is 0 Å². The summed E-state index contributed by atoms with van der Waals surface area (Å²) in [5.41, 5.74) is 1.17. The van der Waals surface area contributed by atoms with Gasteiger partial charge >= 0.3 is 0 Å². The average molecular weight is 168 g/mol. The zero-order valence-electron chi connectivity index (χ0n) is 6.49. The summed E-state index contributed by atoms with van der Waals surface area (Å²) in [5, 5.41) is 0. The largest absolute Gasteiger partial charge is 0.497 e. The molecule has 0 spiro atoms. The van der Waals surface area contributed by atoms with Crippen LogP contribution in [0.5, 0.6) is 0 Å². The predicted octanol–water partition coefficient (Wildman–Crippen LogP) is 2.40. The van der Waals surface area contributed by atoms with Crippen molar-refractivity contribution in [2.45, 2.75) is 6.61 Å². The lowest BCUT2D eigenvalue weighted by Gasteiger charge is -1.98. The molecule has 0 radical (unpaired) electrons. The molecular weight excluding hydrogens is 155 g/mol. The van der Waals surface area contributed by atoms with Gasteiger partial charge in [0.05, 0.1) is 6.26 Å². The van der Waals surface area contributed by atoms with Crippen LogP contribution in [0.4, 0.5) is 0 Å². The van der Waals surface area contributed by atoms with Crippen LogP contribution in [-0.2, 0) is 11.3 Å². The van der Waals surface area contributed by atoms with Crippen LogP contribution >= 0.6 is 9.90 Å². The van der Waals surface area contributed by atoms with E-state index < -0.39 is 0 Å². The molecule has 0 heterocycles. The minimum Gasteiger partial charge on any atom is -0.497 e. The van der Waals surface area contributed by atoms with E-state index in [0.717, 1.165) is 0 Å². The van der Waals surface area contributed by atoms with Gasteiger partial charge < -0.3 is 4.74 Å². The first-order chi connectivity index (χ1) is 4.93. The van der Waals surface area contributed by atoms with Crippen LogP contribution in [0.1, 0.15) is 5.56 Å². The van der Waals surface area contributed by atoms with Crippen molar-refractivity contribution in [3.05, 3.63) is 48.7 Å². The first-order valence-electron chi connectivity index (χ1n) is 3.20. The Morgan fingerprint density at radius 1 is 1.27 bits per heavy atom. The van der Waals surface area contributed by atoms with Crippen molar-refractivity contribution in [2.75, 3.05) is 0 Å². The van der Waals surface area contributed by atoms with E-state index in [-0.39, 0.29) is 9.90 Å². The average Bonchev–Trinajstić information content (AvgIpc) is 2.03. The molecule has 2 heteroatoms. The van der Waals surface area contributed by atoms with E-state index >= 15 is 0 Å². The van der Waals surface area contributed by atoms with Gasteiger partial charge in [-0.25, -0.2) is 0 Å². The molecule has 1 nitrogen and oxygen atoms in total. The quantitative estimate of drug-likeness (QED) is 0.497. The van der Waals surface area contributed by atoms with Gasteiger partial charge in [-0.3, -0.25) is 0 Å². The Balaban J connectivity index is 0.000001000. The number of ether oxygens (including phenoxy) is 1. The minimum absolute atomic E-state index is 0. The maximum absolute atomic E-state index is 4.98. The Kier molecular flexibility index (Phi) is 5.50. The predicted molar refractivity (Wildman–Crippen MR) is 52.5 cm³/mol. The standard InChI is InChI=1S/C9H10O.H3P/c1-2-10-8-9-6-4-3-5-7-9;/h2-7H,1,8H2;1H3. The second-order valence-electron chi connectivity index (χ2n) is 1.96. The van der Waals surface area contributed by atoms with Crippen molar-refractivity contribution in [3.8, 4) is 0 Å². The fourth-order valence-corrected chi connectivity index (χ4v) is 0.729. The molecule has 0 aliphatic carbocycles. The van der Waals surface area contributed by atoms with E-state index in [1.54, 1.807) is 0 Å². The Bertz CT molecular complexity index is 196. The third-order valence-corrected chi connectivity index (χ3v) is 1.21. The van der Waals surface area contributed by atoms with Crippen molar-refractivity contribution in [1.29, 1.82) is 0 Å². The molecule has 0 amide bonds. The van der Waals surface area contributed by atoms with Crippen LogP contribution in [0.15, 0.2) is 43.2 Å². The lowest BCUT2D eigenvalue weighted by atomic mass is 10.2. The Morgan fingerprint density at radius 2 is 1.91 bits per heavy atom. The van der Waals surface area contributed by atoms with Crippen molar-refractivity contribution in [1.82, 2.24) is 0 Å². The summed E-state index contributed by atoms with van der Waals surface area (Å²) < 4.78 is 4.98. The van der Waals surface area contributed by atoms with Crippen LogP contribution in [0.25, 0.3) is 0 Å². The molecule has 0 aliphatic rings. The number of hydrogen-bond acceptors (Lipinski definition) is 1. The van der Waals surface area contributed by atoms with Gasteiger partial charge in [0.25, 0.3) is 0 Å². The third-order valence-electron chi connectivity index (χ3n) is 1.21. The zero-order valence-corrected chi connectivity index (χ0v) is 7.91. The van der Waals surface area contributed by atoms with Gasteiger partial charge in [-0.05, 0) is 5.56 Å². The SMILES string of the molecule is C=COCc1ccccc1.P. The normalized spacial score (nSPS) is 8.00. The summed E-state index contributed by atoms with van der Waals surface area (Å²) >= 11 is 0. The number of hydrogen-bond donors (Lipinski definition) is 0. The van der Waals surface area contributed by atoms with Gasteiger partial charge in [0.1, 0.15) is 6.61 Å². The van der Waals surface area contributed by atoms with Crippen molar-refractivity contribution < 1.29 is 4.74 Å². The Hall–Kier alpha value is -0.810. The Labute approximate surface area is 70.7 Å². The molecule has 0 saturated heterocycles. The summed E-state index contributed by atoms with van der Waals surface area (Å²) in [6.45, 7) is 4.07. The molecule has 1 rings (SSSR count). The molecule has 1 unspecified atom stereocenters. The molecule has 0 bridgehead atoms. The topological polar surface area (TPSA) is 9.23 Å². The highest BCUT2D eigenvalue weighted by atomic mass is 31.0. The maximum atomic E-state index is 4.98. The maximum Gasteiger partial charge on any atom is 0.112 e. The van der Waals surface area contributed by atoms with Gasteiger partial charge in [-0.15, -0.1) is 0 Å².